The Labute approximate surface area is 147 Å². The van der Waals surface area contributed by atoms with Gasteiger partial charge in [0.1, 0.15) is 0 Å². The Balaban J connectivity index is 1.83. The zero-order valence-electron chi connectivity index (χ0n) is 13.9. The van der Waals surface area contributed by atoms with Crippen LogP contribution in [0.4, 0.5) is 11.4 Å². The van der Waals surface area contributed by atoms with Crippen molar-refractivity contribution in [2.24, 2.45) is 0 Å². The fourth-order valence-electron chi connectivity index (χ4n) is 3.07. The zero-order chi connectivity index (χ0) is 17.6. The highest BCUT2D eigenvalue weighted by molar-refractivity contribution is 5.90. The minimum atomic E-state index is -0.452. The lowest BCUT2D eigenvalue weighted by molar-refractivity contribution is -0.384. The number of nitro groups is 1. The highest BCUT2D eigenvalue weighted by Gasteiger charge is 2.11. The fourth-order valence-corrected chi connectivity index (χ4v) is 3.07. The third kappa shape index (κ3) is 4.04. The molecule has 0 N–H and O–H groups in total. The monoisotopic (exact) mass is 333 g/mol. The van der Waals surface area contributed by atoms with Crippen molar-refractivity contribution < 1.29 is 4.92 Å². The Morgan fingerprint density at radius 3 is 2.48 bits per heavy atom. The average Bonchev–Trinajstić information content (AvgIpc) is 2.67. The summed E-state index contributed by atoms with van der Waals surface area (Å²) in [4.78, 5) is 12.8. The summed E-state index contributed by atoms with van der Waals surface area (Å²) in [6, 6.07) is 16.4. The first-order valence-corrected chi connectivity index (χ1v) is 8.39. The minimum absolute atomic E-state index is 0.0147. The van der Waals surface area contributed by atoms with Crippen LogP contribution in [0.1, 0.15) is 30.4 Å². The van der Waals surface area contributed by atoms with Gasteiger partial charge in [-0.3, -0.25) is 10.1 Å². The Kier molecular flexibility index (Phi) is 5.10. The highest BCUT2D eigenvalue weighted by Crippen LogP contribution is 2.24. The van der Waals surface area contributed by atoms with Gasteiger partial charge in [-0.1, -0.05) is 24.3 Å². The average molecular weight is 333 g/mol. The molecule has 3 rings (SSSR count). The van der Waals surface area contributed by atoms with E-state index in [1.807, 2.05) is 12.1 Å². The SMILES string of the molecule is N#CC(=Cc1ccc(N2CCCCC2)cc1)c1cccc([N+](=O)[O-])c1. The van der Waals surface area contributed by atoms with Gasteiger partial charge in [0.2, 0.25) is 0 Å². The molecule has 1 aliphatic rings. The van der Waals surface area contributed by atoms with Crippen molar-refractivity contribution in [1.82, 2.24) is 0 Å². The van der Waals surface area contributed by atoms with Crippen molar-refractivity contribution in [2.45, 2.75) is 19.3 Å². The van der Waals surface area contributed by atoms with Gasteiger partial charge in [-0.2, -0.15) is 5.26 Å². The van der Waals surface area contributed by atoms with Gasteiger partial charge in [-0.15, -0.1) is 0 Å². The molecule has 2 aromatic carbocycles. The third-order valence-corrected chi connectivity index (χ3v) is 4.41. The summed E-state index contributed by atoms with van der Waals surface area (Å²) in [7, 11) is 0. The summed E-state index contributed by atoms with van der Waals surface area (Å²) in [5.41, 5.74) is 3.06. The minimum Gasteiger partial charge on any atom is -0.372 e. The van der Waals surface area contributed by atoms with E-state index >= 15 is 0 Å². The number of nitrogens with zero attached hydrogens (tertiary/aromatic N) is 3. The van der Waals surface area contributed by atoms with Crippen molar-refractivity contribution in [2.75, 3.05) is 18.0 Å². The van der Waals surface area contributed by atoms with E-state index in [-0.39, 0.29) is 5.69 Å². The number of non-ortho nitro benzene ring substituents is 1. The van der Waals surface area contributed by atoms with E-state index in [2.05, 4.69) is 23.1 Å². The Morgan fingerprint density at radius 1 is 1.12 bits per heavy atom. The van der Waals surface area contributed by atoms with Gasteiger partial charge in [0.15, 0.2) is 0 Å². The first-order valence-electron chi connectivity index (χ1n) is 8.39. The molecule has 0 aromatic heterocycles. The van der Waals surface area contributed by atoms with E-state index in [9.17, 15) is 15.4 Å². The molecule has 0 amide bonds. The molecule has 1 heterocycles. The van der Waals surface area contributed by atoms with E-state index < -0.39 is 4.92 Å². The molecule has 1 fully saturated rings. The molecule has 1 aliphatic heterocycles. The number of nitro benzene ring substituents is 1. The van der Waals surface area contributed by atoms with Crippen LogP contribution in [0.5, 0.6) is 0 Å². The molecule has 0 saturated carbocycles. The second kappa shape index (κ2) is 7.63. The van der Waals surface area contributed by atoms with E-state index in [0.717, 1.165) is 18.7 Å². The topological polar surface area (TPSA) is 70.2 Å². The maximum atomic E-state index is 10.9. The van der Waals surface area contributed by atoms with Crippen LogP contribution in [0.15, 0.2) is 48.5 Å². The molecule has 0 bridgehead atoms. The van der Waals surface area contributed by atoms with Crippen molar-refractivity contribution >= 4 is 23.0 Å². The van der Waals surface area contributed by atoms with Gasteiger partial charge < -0.3 is 4.90 Å². The molecular weight excluding hydrogens is 314 g/mol. The second-order valence-corrected chi connectivity index (χ2v) is 6.12. The highest BCUT2D eigenvalue weighted by atomic mass is 16.6. The van der Waals surface area contributed by atoms with Crippen LogP contribution < -0.4 is 4.90 Å². The smallest absolute Gasteiger partial charge is 0.270 e. The predicted molar refractivity (Wildman–Crippen MR) is 99.1 cm³/mol. The summed E-state index contributed by atoms with van der Waals surface area (Å²) in [5, 5.41) is 20.3. The zero-order valence-corrected chi connectivity index (χ0v) is 13.9. The lowest BCUT2D eigenvalue weighted by atomic mass is 10.0. The van der Waals surface area contributed by atoms with Gasteiger partial charge >= 0.3 is 0 Å². The number of anilines is 1. The third-order valence-electron chi connectivity index (χ3n) is 4.41. The van der Waals surface area contributed by atoms with Crippen LogP contribution in [0, 0.1) is 21.4 Å². The van der Waals surface area contributed by atoms with Crippen LogP contribution in [0.3, 0.4) is 0 Å². The standard InChI is InChI=1S/C20H19N3O2/c21-15-18(17-5-4-6-20(14-17)23(24)25)13-16-7-9-19(10-8-16)22-11-2-1-3-12-22/h4-10,13-14H,1-3,11-12H2. The number of hydrogen-bond donors (Lipinski definition) is 0. The Morgan fingerprint density at radius 2 is 1.84 bits per heavy atom. The number of rotatable bonds is 4. The quantitative estimate of drug-likeness (QED) is 0.353. The summed E-state index contributed by atoms with van der Waals surface area (Å²) < 4.78 is 0. The molecule has 0 aliphatic carbocycles. The lowest BCUT2D eigenvalue weighted by Crippen LogP contribution is -2.29. The fraction of sp³-hybridized carbons (Fsp3) is 0.250. The molecule has 2 aromatic rings. The molecular formula is C20H19N3O2. The molecule has 0 atom stereocenters. The number of allylic oxidation sites excluding steroid dienone is 1. The van der Waals surface area contributed by atoms with Gasteiger partial charge in [-0.05, 0) is 48.6 Å². The molecule has 1 saturated heterocycles. The van der Waals surface area contributed by atoms with Crippen molar-refractivity contribution in [3.8, 4) is 6.07 Å². The first kappa shape index (κ1) is 16.7. The van der Waals surface area contributed by atoms with Gasteiger partial charge in [-0.25, -0.2) is 0 Å². The van der Waals surface area contributed by atoms with Gasteiger partial charge in [0, 0.05) is 30.9 Å². The van der Waals surface area contributed by atoms with Crippen LogP contribution >= 0.6 is 0 Å². The molecule has 0 unspecified atom stereocenters. The number of piperidine rings is 1. The Hall–Kier alpha value is -3.13. The summed E-state index contributed by atoms with van der Waals surface area (Å²) in [6.07, 6.45) is 5.52. The molecule has 0 spiro atoms. The maximum absolute atomic E-state index is 10.9. The first-order chi connectivity index (χ1) is 12.2. The van der Waals surface area contributed by atoms with Gasteiger partial charge in [0.05, 0.1) is 16.6 Å². The molecule has 0 radical (unpaired) electrons. The van der Waals surface area contributed by atoms with E-state index in [1.165, 1.54) is 37.1 Å². The van der Waals surface area contributed by atoms with Crippen molar-refractivity contribution in [3.05, 3.63) is 69.8 Å². The number of benzene rings is 2. The maximum Gasteiger partial charge on any atom is 0.270 e. The normalized spacial score (nSPS) is 14.8. The molecule has 5 heteroatoms. The molecule has 5 nitrogen and oxygen atoms in total. The van der Waals surface area contributed by atoms with Crippen LogP contribution in [-0.4, -0.2) is 18.0 Å². The summed E-state index contributed by atoms with van der Waals surface area (Å²) in [5.74, 6) is 0. The van der Waals surface area contributed by atoms with E-state index in [1.54, 1.807) is 18.2 Å². The lowest BCUT2D eigenvalue weighted by Gasteiger charge is -2.28. The predicted octanol–water partition coefficient (Wildman–Crippen LogP) is 4.65. The largest absolute Gasteiger partial charge is 0.372 e. The van der Waals surface area contributed by atoms with Crippen LogP contribution in [0.25, 0.3) is 11.6 Å². The Bertz CT molecular complexity index is 829. The second-order valence-electron chi connectivity index (χ2n) is 6.12. The van der Waals surface area contributed by atoms with E-state index in [4.69, 9.17) is 0 Å². The van der Waals surface area contributed by atoms with Crippen molar-refractivity contribution in [3.63, 3.8) is 0 Å². The van der Waals surface area contributed by atoms with Crippen LogP contribution in [-0.2, 0) is 0 Å². The molecule has 126 valence electrons. The summed E-state index contributed by atoms with van der Waals surface area (Å²) in [6.45, 7) is 2.18. The van der Waals surface area contributed by atoms with Crippen LogP contribution in [0.2, 0.25) is 0 Å². The molecule has 25 heavy (non-hydrogen) atoms. The van der Waals surface area contributed by atoms with Gasteiger partial charge in [0.25, 0.3) is 5.69 Å². The number of hydrogen-bond acceptors (Lipinski definition) is 4. The number of nitriles is 1. The van der Waals surface area contributed by atoms with E-state index in [0.29, 0.717) is 11.1 Å². The summed E-state index contributed by atoms with van der Waals surface area (Å²) >= 11 is 0. The van der Waals surface area contributed by atoms with Crippen molar-refractivity contribution in [1.29, 1.82) is 5.26 Å².